The lowest BCUT2D eigenvalue weighted by Gasteiger charge is -2.43. The molecule has 0 radical (unpaired) electrons. The number of cyclic esters (lactones) is 1. The molecule has 0 saturated carbocycles. The van der Waals surface area contributed by atoms with Crippen molar-refractivity contribution in [2.45, 2.75) is 75.2 Å². The molecule has 0 aromatic carbocycles. The van der Waals surface area contributed by atoms with E-state index in [1.54, 1.807) is 0 Å². The molecule has 2 aliphatic rings. The van der Waals surface area contributed by atoms with Crippen molar-refractivity contribution < 1.29 is 24.9 Å². The van der Waals surface area contributed by atoms with E-state index in [2.05, 4.69) is 6.92 Å². The van der Waals surface area contributed by atoms with Gasteiger partial charge in [-0.1, -0.05) is 39.0 Å². The van der Waals surface area contributed by atoms with Crippen molar-refractivity contribution in [2.24, 2.45) is 0 Å². The fourth-order valence-electron chi connectivity index (χ4n) is 3.03. The Morgan fingerprint density at radius 1 is 1.09 bits per heavy atom. The van der Waals surface area contributed by atoms with Crippen molar-refractivity contribution in [3.05, 3.63) is 0 Å². The Morgan fingerprint density at radius 2 is 1.77 bits per heavy atom. The zero-order valence-electron chi connectivity index (χ0n) is 13.1. The summed E-state index contributed by atoms with van der Waals surface area (Å²) < 4.78 is 4.96. The maximum Gasteiger partial charge on any atom is 0.411 e. The monoisotopic (exact) mass is 333 g/mol. The van der Waals surface area contributed by atoms with Crippen LogP contribution in [0.3, 0.4) is 0 Å². The Labute approximate surface area is 135 Å². The molecule has 0 bridgehead atoms. The maximum absolute atomic E-state index is 11.8. The lowest BCUT2D eigenvalue weighted by Crippen LogP contribution is -2.64. The molecule has 2 saturated heterocycles. The number of rotatable bonds is 8. The van der Waals surface area contributed by atoms with Crippen LogP contribution in [0, 0.1) is 0 Å². The zero-order chi connectivity index (χ0) is 16.1. The standard InChI is InChI=1S/C15H27NO5S/c1-2-3-4-5-6-7-8-22-14-13(19)12(18)11(17)10-9-21-15(20)16(10)14/h10-14,17-19H,2-9H2,1H3/t10-,11-,12+,13-,14-/m1/s1. The summed E-state index contributed by atoms with van der Waals surface area (Å²) in [4.78, 5) is 13.2. The van der Waals surface area contributed by atoms with Crippen molar-refractivity contribution in [3.8, 4) is 0 Å². The van der Waals surface area contributed by atoms with Crippen LogP contribution >= 0.6 is 11.8 Å². The maximum atomic E-state index is 11.8. The van der Waals surface area contributed by atoms with Crippen LogP contribution in [0.5, 0.6) is 0 Å². The predicted molar refractivity (Wildman–Crippen MR) is 84.6 cm³/mol. The van der Waals surface area contributed by atoms with Crippen molar-refractivity contribution in [1.29, 1.82) is 0 Å². The molecule has 6 nitrogen and oxygen atoms in total. The summed E-state index contributed by atoms with van der Waals surface area (Å²) in [6.45, 7) is 2.25. The van der Waals surface area contributed by atoms with Gasteiger partial charge in [0.1, 0.15) is 30.3 Å². The van der Waals surface area contributed by atoms with Crippen LogP contribution in [0.4, 0.5) is 4.79 Å². The summed E-state index contributed by atoms with van der Waals surface area (Å²) in [5.74, 6) is 0.813. The van der Waals surface area contributed by atoms with Crippen LogP contribution in [-0.4, -0.2) is 68.4 Å². The molecule has 0 aliphatic carbocycles. The molecule has 0 aromatic rings. The molecule has 2 heterocycles. The summed E-state index contributed by atoms with van der Waals surface area (Å²) in [6, 6.07) is -0.562. The van der Waals surface area contributed by atoms with Gasteiger partial charge in [-0.05, 0) is 12.2 Å². The number of aliphatic hydroxyl groups excluding tert-OH is 3. The first kappa shape index (κ1) is 17.8. The summed E-state index contributed by atoms with van der Waals surface area (Å²) in [6.07, 6.45) is 3.03. The number of carbonyl (C=O) groups is 1. The number of aliphatic hydroxyl groups is 3. The van der Waals surface area contributed by atoms with Gasteiger partial charge in [0.25, 0.3) is 0 Å². The van der Waals surface area contributed by atoms with Gasteiger partial charge in [0.15, 0.2) is 0 Å². The first-order chi connectivity index (χ1) is 10.6. The average Bonchev–Trinajstić information content (AvgIpc) is 2.89. The molecule has 3 N–H and O–H groups in total. The Balaban J connectivity index is 1.81. The molecule has 0 spiro atoms. The van der Waals surface area contributed by atoms with E-state index in [9.17, 15) is 20.1 Å². The van der Waals surface area contributed by atoms with Gasteiger partial charge in [-0.25, -0.2) is 4.79 Å². The molecular formula is C15H27NO5S. The lowest BCUT2D eigenvalue weighted by atomic mass is 9.95. The molecule has 22 heavy (non-hydrogen) atoms. The third kappa shape index (κ3) is 3.88. The van der Waals surface area contributed by atoms with Gasteiger partial charge in [-0.3, -0.25) is 4.90 Å². The van der Waals surface area contributed by atoms with E-state index in [0.29, 0.717) is 0 Å². The van der Waals surface area contributed by atoms with Crippen LogP contribution in [0.15, 0.2) is 0 Å². The molecule has 0 unspecified atom stereocenters. The minimum absolute atomic E-state index is 0.0673. The molecular weight excluding hydrogens is 306 g/mol. The highest BCUT2D eigenvalue weighted by atomic mass is 32.2. The normalized spacial score (nSPS) is 34.6. The molecule has 5 atom stereocenters. The number of hydrogen-bond acceptors (Lipinski definition) is 6. The minimum atomic E-state index is -1.24. The minimum Gasteiger partial charge on any atom is -0.447 e. The van der Waals surface area contributed by atoms with Crippen LogP contribution in [0.2, 0.25) is 0 Å². The highest BCUT2D eigenvalue weighted by molar-refractivity contribution is 7.99. The van der Waals surface area contributed by atoms with E-state index in [0.717, 1.165) is 18.6 Å². The number of piperidine rings is 1. The lowest BCUT2D eigenvalue weighted by molar-refractivity contribution is -0.124. The highest BCUT2D eigenvalue weighted by Crippen LogP contribution is 2.35. The number of hydrogen-bond donors (Lipinski definition) is 3. The third-order valence-electron chi connectivity index (χ3n) is 4.39. The largest absolute Gasteiger partial charge is 0.447 e. The van der Waals surface area contributed by atoms with Crippen LogP contribution in [0.1, 0.15) is 45.4 Å². The van der Waals surface area contributed by atoms with Crippen molar-refractivity contribution >= 4 is 17.9 Å². The van der Waals surface area contributed by atoms with E-state index >= 15 is 0 Å². The fraction of sp³-hybridized carbons (Fsp3) is 0.933. The van der Waals surface area contributed by atoms with Gasteiger partial charge in [0.05, 0.1) is 6.04 Å². The number of fused-ring (bicyclic) bond motifs is 1. The number of unbranched alkanes of at least 4 members (excludes halogenated alkanes) is 5. The number of nitrogens with zero attached hydrogens (tertiary/aromatic N) is 1. The average molecular weight is 333 g/mol. The molecule has 128 valence electrons. The third-order valence-corrected chi connectivity index (χ3v) is 5.76. The zero-order valence-corrected chi connectivity index (χ0v) is 13.9. The van der Waals surface area contributed by atoms with E-state index in [1.165, 1.54) is 42.3 Å². The summed E-state index contributed by atoms with van der Waals surface area (Å²) in [7, 11) is 0. The van der Waals surface area contributed by atoms with Crippen LogP contribution in [-0.2, 0) is 4.74 Å². The Bertz CT molecular complexity index is 370. The summed E-state index contributed by atoms with van der Waals surface area (Å²) >= 11 is 1.46. The quantitative estimate of drug-likeness (QED) is 0.581. The topological polar surface area (TPSA) is 90.2 Å². The van der Waals surface area contributed by atoms with Gasteiger partial charge in [-0.15, -0.1) is 11.8 Å². The van der Waals surface area contributed by atoms with E-state index in [-0.39, 0.29) is 6.61 Å². The van der Waals surface area contributed by atoms with Gasteiger partial charge in [0.2, 0.25) is 0 Å². The predicted octanol–water partition coefficient (Wildman–Crippen LogP) is 1.32. The smallest absolute Gasteiger partial charge is 0.411 e. The fourth-order valence-corrected chi connectivity index (χ4v) is 4.40. The number of amides is 1. The second-order valence-corrected chi connectivity index (χ2v) is 7.28. The molecule has 2 aliphatic heterocycles. The Hall–Kier alpha value is -0.500. The molecule has 2 fully saturated rings. The molecule has 0 aromatic heterocycles. The highest BCUT2D eigenvalue weighted by Gasteiger charge is 2.53. The van der Waals surface area contributed by atoms with E-state index < -0.39 is 35.8 Å². The van der Waals surface area contributed by atoms with Gasteiger partial charge in [-0.2, -0.15) is 0 Å². The van der Waals surface area contributed by atoms with E-state index in [4.69, 9.17) is 4.74 Å². The number of ether oxygens (including phenoxy) is 1. The first-order valence-corrected chi connectivity index (χ1v) is 9.23. The number of carbonyl (C=O) groups excluding carboxylic acids is 1. The summed E-state index contributed by atoms with van der Waals surface area (Å²) in [5, 5.41) is 29.5. The Kier molecular flexibility index (Phi) is 6.80. The van der Waals surface area contributed by atoms with Crippen LogP contribution < -0.4 is 0 Å². The summed E-state index contributed by atoms with van der Waals surface area (Å²) in [5.41, 5.74) is 0. The van der Waals surface area contributed by atoms with Crippen LogP contribution in [0.25, 0.3) is 0 Å². The second kappa shape index (κ2) is 8.38. The van der Waals surface area contributed by atoms with Gasteiger partial charge >= 0.3 is 6.09 Å². The van der Waals surface area contributed by atoms with E-state index in [1.807, 2.05) is 0 Å². The first-order valence-electron chi connectivity index (χ1n) is 8.18. The van der Waals surface area contributed by atoms with Crippen molar-refractivity contribution in [2.75, 3.05) is 12.4 Å². The van der Waals surface area contributed by atoms with Crippen molar-refractivity contribution in [3.63, 3.8) is 0 Å². The number of thioether (sulfide) groups is 1. The molecule has 1 amide bonds. The Morgan fingerprint density at radius 3 is 2.50 bits per heavy atom. The van der Waals surface area contributed by atoms with Gasteiger partial charge < -0.3 is 20.1 Å². The SMILES string of the molecule is CCCCCCCCS[C@@H]1[C@H](O)[C@@H](O)[C@H](O)[C@H]2COC(=O)N21. The second-order valence-electron chi connectivity index (χ2n) is 6.05. The van der Waals surface area contributed by atoms with Crippen molar-refractivity contribution in [1.82, 2.24) is 4.90 Å². The molecule has 2 rings (SSSR count). The molecule has 7 heteroatoms. The van der Waals surface area contributed by atoms with Gasteiger partial charge in [0, 0.05) is 0 Å².